The van der Waals surface area contributed by atoms with E-state index in [1.54, 1.807) is 18.2 Å². The van der Waals surface area contributed by atoms with Crippen LogP contribution in [-0.4, -0.2) is 21.3 Å². The molecule has 76 valence electrons. The number of nitrogens with zero attached hydrogens (tertiary/aromatic N) is 1. The fourth-order valence-corrected chi connectivity index (χ4v) is 1.40. The van der Waals surface area contributed by atoms with E-state index in [1.165, 1.54) is 12.1 Å². The normalized spacial score (nSPS) is 10.2. The summed E-state index contributed by atoms with van der Waals surface area (Å²) in [5, 5.41) is 18.1. The number of fused-ring (bicyclic) bond motifs is 1. The number of nitrogens with one attached hydrogen (secondary N) is 1. The fraction of sp³-hybridized carbons (Fsp3) is 0. The molecule has 2 rings (SSSR count). The van der Waals surface area contributed by atoms with E-state index >= 15 is 0 Å². The van der Waals surface area contributed by atoms with Crippen LogP contribution in [0.3, 0.4) is 0 Å². The molecule has 0 saturated heterocycles. The number of hydrogen-bond donors (Lipinski definition) is 3. The van der Waals surface area contributed by atoms with Gasteiger partial charge in [-0.05, 0) is 24.3 Å². The molecule has 0 bridgehead atoms. The van der Waals surface area contributed by atoms with Crippen molar-refractivity contribution in [2.75, 3.05) is 5.48 Å². The number of carboxylic acid groups (broad SMARTS) is 1. The van der Waals surface area contributed by atoms with E-state index in [1.807, 2.05) is 5.48 Å². The van der Waals surface area contributed by atoms with Crippen LogP contribution in [0.15, 0.2) is 30.3 Å². The molecule has 3 N–H and O–H groups in total. The van der Waals surface area contributed by atoms with Crippen molar-refractivity contribution in [3.8, 4) is 0 Å². The van der Waals surface area contributed by atoms with Gasteiger partial charge in [0.1, 0.15) is 5.82 Å². The molecule has 1 heterocycles. The number of carbonyl (C=O) groups is 1. The summed E-state index contributed by atoms with van der Waals surface area (Å²) in [4.78, 5) is 14.9. The van der Waals surface area contributed by atoms with Crippen molar-refractivity contribution in [1.82, 2.24) is 4.98 Å². The van der Waals surface area contributed by atoms with Crippen LogP contribution in [-0.2, 0) is 0 Å². The Kier molecular flexibility index (Phi) is 2.23. The van der Waals surface area contributed by atoms with Gasteiger partial charge in [-0.3, -0.25) is 10.7 Å². The summed E-state index contributed by atoms with van der Waals surface area (Å²) in [5.41, 5.74) is 2.63. The van der Waals surface area contributed by atoms with Crippen molar-refractivity contribution in [1.29, 1.82) is 0 Å². The molecule has 1 aromatic carbocycles. The van der Waals surface area contributed by atoms with Gasteiger partial charge in [0.2, 0.25) is 0 Å². The molecule has 0 amide bonds. The van der Waals surface area contributed by atoms with Crippen LogP contribution >= 0.6 is 0 Å². The maximum atomic E-state index is 10.9. The van der Waals surface area contributed by atoms with Gasteiger partial charge in [-0.15, -0.1) is 0 Å². The molecular weight excluding hydrogens is 196 g/mol. The van der Waals surface area contributed by atoms with E-state index in [-0.39, 0.29) is 11.4 Å². The van der Waals surface area contributed by atoms with Gasteiger partial charge in [0, 0.05) is 5.39 Å². The van der Waals surface area contributed by atoms with Crippen molar-refractivity contribution >= 4 is 22.7 Å². The largest absolute Gasteiger partial charge is 0.478 e. The summed E-state index contributed by atoms with van der Waals surface area (Å²) < 4.78 is 0. The first-order valence-corrected chi connectivity index (χ1v) is 4.25. The van der Waals surface area contributed by atoms with E-state index in [0.717, 1.165) is 0 Å². The summed E-state index contributed by atoms with van der Waals surface area (Å²) in [5.74, 6) is -0.711. The van der Waals surface area contributed by atoms with Crippen LogP contribution in [0, 0.1) is 0 Å². The standard InChI is InChI=1S/C10H8N2O3/c13-10(14)7-2-1-3-8-6(7)4-5-9(11-8)12-15/h1-5,15H,(H,11,12)(H,13,14). The van der Waals surface area contributed by atoms with Gasteiger partial charge in [-0.2, -0.15) is 0 Å². The van der Waals surface area contributed by atoms with Crippen molar-refractivity contribution in [2.24, 2.45) is 0 Å². The number of pyridine rings is 1. The second kappa shape index (κ2) is 3.55. The van der Waals surface area contributed by atoms with E-state index in [0.29, 0.717) is 10.9 Å². The molecular formula is C10H8N2O3. The average molecular weight is 204 g/mol. The topological polar surface area (TPSA) is 82.5 Å². The molecule has 2 aromatic rings. The molecule has 0 fully saturated rings. The first kappa shape index (κ1) is 9.42. The molecule has 5 heteroatoms. The lowest BCUT2D eigenvalue weighted by atomic mass is 10.1. The van der Waals surface area contributed by atoms with Crippen LogP contribution in [0.2, 0.25) is 0 Å². The Bertz CT molecular complexity index is 525. The predicted molar refractivity (Wildman–Crippen MR) is 54.1 cm³/mol. The van der Waals surface area contributed by atoms with E-state index in [2.05, 4.69) is 4.98 Å². The predicted octanol–water partition coefficient (Wildman–Crippen LogP) is 1.73. The molecule has 0 radical (unpaired) electrons. The van der Waals surface area contributed by atoms with Gasteiger partial charge < -0.3 is 5.11 Å². The Labute approximate surface area is 85.0 Å². The highest BCUT2D eigenvalue weighted by Crippen LogP contribution is 2.19. The Morgan fingerprint density at radius 3 is 2.73 bits per heavy atom. The summed E-state index contributed by atoms with van der Waals surface area (Å²) >= 11 is 0. The minimum absolute atomic E-state index is 0.199. The van der Waals surface area contributed by atoms with Crippen LogP contribution < -0.4 is 5.48 Å². The molecule has 0 unspecified atom stereocenters. The number of anilines is 1. The first-order chi connectivity index (χ1) is 7.22. The average Bonchev–Trinajstić information content (AvgIpc) is 2.27. The summed E-state index contributed by atoms with van der Waals surface area (Å²) in [7, 11) is 0. The summed E-state index contributed by atoms with van der Waals surface area (Å²) in [6.45, 7) is 0. The van der Waals surface area contributed by atoms with E-state index < -0.39 is 5.97 Å². The smallest absolute Gasteiger partial charge is 0.336 e. The zero-order valence-electron chi connectivity index (χ0n) is 7.64. The Morgan fingerprint density at radius 2 is 2.07 bits per heavy atom. The number of aromatic nitrogens is 1. The molecule has 0 aliphatic carbocycles. The minimum atomic E-state index is -0.993. The second-order valence-corrected chi connectivity index (χ2v) is 2.99. The van der Waals surface area contributed by atoms with Gasteiger partial charge in [-0.25, -0.2) is 9.78 Å². The third-order valence-corrected chi connectivity index (χ3v) is 2.08. The van der Waals surface area contributed by atoms with Crippen molar-refractivity contribution < 1.29 is 15.1 Å². The Balaban J connectivity index is 2.72. The molecule has 1 aromatic heterocycles. The molecule has 0 spiro atoms. The second-order valence-electron chi connectivity index (χ2n) is 2.99. The lowest BCUT2D eigenvalue weighted by Crippen LogP contribution is -1.99. The highest BCUT2D eigenvalue weighted by Gasteiger charge is 2.08. The molecule has 0 atom stereocenters. The highest BCUT2D eigenvalue weighted by atomic mass is 16.5. The molecule has 0 saturated carbocycles. The first-order valence-electron chi connectivity index (χ1n) is 4.25. The number of rotatable bonds is 2. The molecule has 15 heavy (non-hydrogen) atoms. The zero-order valence-corrected chi connectivity index (χ0v) is 7.64. The lowest BCUT2D eigenvalue weighted by Gasteiger charge is -2.03. The molecule has 0 aliphatic heterocycles. The van der Waals surface area contributed by atoms with Gasteiger partial charge in [0.05, 0.1) is 11.1 Å². The quantitative estimate of drug-likeness (QED) is 0.649. The summed E-state index contributed by atoms with van der Waals surface area (Å²) in [6, 6.07) is 7.92. The van der Waals surface area contributed by atoms with Crippen molar-refractivity contribution in [3.63, 3.8) is 0 Å². The fourth-order valence-electron chi connectivity index (χ4n) is 1.40. The van der Waals surface area contributed by atoms with Crippen LogP contribution in [0.1, 0.15) is 10.4 Å². The maximum Gasteiger partial charge on any atom is 0.336 e. The number of benzene rings is 1. The summed E-state index contributed by atoms with van der Waals surface area (Å²) in [6.07, 6.45) is 0. The van der Waals surface area contributed by atoms with Crippen molar-refractivity contribution in [3.05, 3.63) is 35.9 Å². The minimum Gasteiger partial charge on any atom is -0.478 e. The monoisotopic (exact) mass is 204 g/mol. The Morgan fingerprint density at radius 1 is 1.27 bits per heavy atom. The molecule has 5 nitrogen and oxygen atoms in total. The SMILES string of the molecule is O=C(O)c1cccc2nc(NO)ccc12. The van der Waals surface area contributed by atoms with Crippen molar-refractivity contribution in [2.45, 2.75) is 0 Å². The highest BCUT2D eigenvalue weighted by molar-refractivity contribution is 6.02. The van der Waals surface area contributed by atoms with Gasteiger partial charge >= 0.3 is 5.97 Å². The third-order valence-electron chi connectivity index (χ3n) is 2.08. The van der Waals surface area contributed by atoms with E-state index in [9.17, 15) is 4.79 Å². The van der Waals surface area contributed by atoms with Crippen LogP contribution in [0.25, 0.3) is 10.9 Å². The van der Waals surface area contributed by atoms with Crippen LogP contribution in [0.5, 0.6) is 0 Å². The van der Waals surface area contributed by atoms with Crippen LogP contribution in [0.4, 0.5) is 5.82 Å². The van der Waals surface area contributed by atoms with Gasteiger partial charge in [-0.1, -0.05) is 6.07 Å². The number of carboxylic acids is 1. The lowest BCUT2D eigenvalue weighted by molar-refractivity contribution is 0.0699. The zero-order chi connectivity index (χ0) is 10.8. The molecule has 0 aliphatic rings. The maximum absolute atomic E-state index is 10.9. The Hall–Kier alpha value is -2.14. The van der Waals surface area contributed by atoms with E-state index in [4.69, 9.17) is 10.3 Å². The third kappa shape index (κ3) is 1.60. The van der Waals surface area contributed by atoms with Gasteiger partial charge in [0.25, 0.3) is 0 Å². The number of aromatic carboxylic acids is 1. The van der Waals surface area contributed by atoms with Gasteiger partial charge in [0.15, 0.2) is 0 Å². The number of hydrogen-bond acceptors (Lipinski definition) is 4.